The third-order valence-corrected chi connectivity index (χ3v) is 6.72. The fraction of sp³-hybridized carbons (Fsp3) is 1.00. The molecule has 0 spiro atoms. The molecule has 0 amide bonds. The number of ether oxygens (including phenoxy) is 1. The fourth-order valence-electron chi connectivity index (χ4n) is 2.14. The van der Waals surface area contributed by atoms with E-state index in [1.807, 2.05) is 6.92 Å². The summed E-state index contributed by atoms with van der Waals surface area (Å²) >= 11 is 0. The molecule has 0 radical (unpaired) electrons. The fourth-order valence-corrected chi connectivity index (χ4v) is 5.26. The molecule has 0 bridgehead atoms. The average Bonchev–Trinajstić information content (AvgIpc) is 2.19. The van der Waals surface area contributed by atoms with Gasteiger partial charge in [-0.3, -0.25) is 0 Å². The van der Waals surface area contributed by atoms with E-state index in [4.69, 9.17) is 4.74 Å². The topological polar surface area (TPSA) is 9.23 Å². The summed E-state index contributed by atoms with van der Waals surface area (Å²) in [5, 5.41) is 0. The average molecular weight is 240 g/mol. The Balaban J connectivity index is 2.34. The molecule has 0 aliphatic carbocycles. The van der Waals surface area contributed by atoms with Gasteiger partial charge in [-0.1, -0.05) is 13.0 Å². The van der Waals surface area contributed by atoms with Crippen molar-refractivity contribution in [1.82, 2.24) is 0 Å². The summed E-state index contributed by atoms with van der Waals surface area (Å²) in [6.45, 7) is 2.76. The Labute approximate surface area is 90.6 Å². The van der Waals surface area contributed by atoms with Gasteiger partial charge in [-0.25, -0.2) is 0 Å². The second-order valence-corrected chi connectivity index (χ2v) is 7.88. The molecule has 1 aliphatic rings. The van der Waals surface area contributed by atoms with E-state index in [-0.39, 0.29) is 5.73 Å². The van der Waals surface area contributed by atoms with Gasteiger partial charge in [0.2, 0.25) is 0 Å². The highest BCUT2D eigenvalue weighted by atomic mass is 28.3. The Morgan fingerprint density at radius 3 is 2.53 bits per heavy atom. The molecule has 0 aromatic heterocycles. The molecule has 2 atom stereocenters. The highest BCUT2D eigenvalue weighted by molar-refractivity contribution is 6.60. The molecule has 1 aliphatic heterocycles. The van der Waals surface area contributed by atoms with Crippen LogP contribution in [0.15, 0.2) is 0 Å². The van der Waals surface area contributed by atoms with Crippen molar-refractivity contribution in [3.63, 3.8) is 0 Å². The molecule has 15 heavy (non-hydrogen) atoms. The first kappa shape index (κ1) is 13.0. The van der Waals surface area contributed by atoms with Gasteiger partial charge in [-0.05, 0) is 25.3 Å². The zero-order chi connectivity index (χ0) is 11.3. The lowest BCUT2D eigenvalue weighted by Crippen LogP contribution is -2.36. The lowest BCUT2D eigenvalue weighted by atomic mass is 10.2. The van der Waals surface area contributed by atoms with E-state index in [1.54, 1.807) is 0 Å². The van der Waals surface area contributed by atoms with Gasteiger partial charge in [-0.2, -0.15) is 13.2 Å². The predicted molar refractivity (Wildman–Crippen MR) is 56.7 cm³/mol. The molecule has 0 aromatic carbocycles. The van der Waals surface area contributed by atoms with Crippen molar-refractivity contribution >= 4 is 8.80 Å². The Morgan fingerprint density at radius 1 is 1.33 bits per heavy atom. The normalized spacial score (nSPS) is 25.2. The van der Waals surface area contributed by atoms with Gasteiger partial charge in [0.25, 0.3) is 0 Å². The van der Waals surface area contributed by atoms with E-state index in [0.717, 1.165) is 31.9 Å². The number of alkyl halides is 3. The van der Waals surface area contributed by atoms with Crippen LogP contribution in [-0.4, -0.2) is 27.3 Å². The molecule has 0 saturated carbocycles. The van der Waals surface area contributed by atoms with Crippen LogP contribution in [0.4, 0.5) is 13.2 Å². The van der Waals surface area contributed by atoms with Crippen LogP contribution >= 0.6 is 0 Å². The van der Waals surface area contributed by atoms with Crippen LogP contribution in [0, 0.1) is 0 Å². The Hall–Kier alpha value is -0.0331. The number of halogens is 3. The summed E-state index contributed by atoms with van der Waals surface area (Å²) in [5.74, 6) is 0. The SMILES string of the molecule is CC[SiH](CCC(F)(F)F)C1CCCCO1. The van der Waals surface area contributed by atoms with Crippen LogP contribution in [-0.2, 0) is 4.74 Å². The summed E-state index contributed by atoms with van der Waals surface area (Å²) in [4.78, 5) is 0. The summed E-state index contributed by atoms with van der Waals surface area (Å²) < 4.78 is 41.9. The quantitative estimate of drug-likeness (QED) is 0.685. The van der Waals surface area contributed by atoms with Crippen LogP contribution in [0.2, 0.25) is 12.1 Å². The van der Waals surface area contributed by atoms with E-state index in [9.17, 15) is 13.2 Å². The zero-order valence-corrected chi connectivity index (χ0v) is 10.3. The first-order chi connectivity index (χ1) is 7.03. The highest BCUT2D eigenvalue weighted by Crippen LogP contribution is 2.27. The van der Waals surface area contributed by atoms with Crippen molar-refractivity contribution in [3.8, 4) is 0 Å². The van der Waals surface area contributed by atoms with Crippen LogP contribution in [0.25, 0.3) is 0 Å². The number of hydrogen-bond donors (Lipinski definition) is 0. The summed E-state index contributed by atoms with van der Waals surface area (Å²) in [5.41, 5.74) is 0.200. The van der Waals surface area contributed by atoms with E-state index >= 15 is 0 Å². The van der Waals surface area contributed by atoms with Crippen molar-refractivity contribution in [2.45, 2.75) is 56.6 Å². The van der Waals surface area contributed by atoms with Crippen LogP contribution < -0.4 is 0 Å². The maximum Gasteiger partial charge on any atom is 0.388 e. The van der Waals surface area contributed by atoms with Crippen LogP contribution in [0.1, 0.15) is 32.6 Å². The molecule has 1 heterocycles. The lowest BCUT2D eigenvalue weighted by molar-refractivity contribution is -0.130. The minimum Gasteiger partial charge on any atom is -0.382 e. The lowest BCUT2D eigenvalue weighted by Gasteiger charge is -2.29. The summed E-state index contributed by atoms with van der Waals surface area (Å²) in [6.07, 6.45) is -1.42. The molecule has 1 nitrogen and oxygen atoms in total. The summed E-state index contributed by atoms with van der Waals surface area (Å²) in [6, 6.07) is 1.27. The van der Waals surface area contributed by atoms with Crippen LogP contribution in [0.5, 0.6) is 0 Å². The third-order valence-electron chi connectivity index (χ3n) is 3.06. The first-order valence-electron chi connectivity index (χ1n) is 5.71. The van der Waals surface area contributed by atoms with Gasteiger partial charge in [0.05, 0.1) is 8.80 Å². The standard InChI is InChI=1S/C10H19F3OSi/c1-2-15(8-6-10(11,12)13)9-5-3-4-7-14-9/h9,15H,2-8H2,1H3. The number of hydrogen-bond acceptors (Lipinski definition) is 1. The second kappa shape index (κ2) is 5.89. The van der Waals surface area contributed by atoms with Crippen LogP contribution in [0.3, 0.4) is 0 Å². The minimum absolute atomic E-state index is 0.200. The monoisotopic (exact) mass is 240 g/mol. The van der Waals surface area contributed by atoms with Gasteiger partial charge in [0, 0.05) is 18.8 Å². The summed E-state index contributed by atoms with van der Waals surface area (Å²) in [7, 11) is -1.34. The van der Waals surface area contributed by atoms with Crippen molar-refractivity contribution in [2.75, 3.05) is 6.61 Å². The van der Waals surface area contributed by atoms with E-state index in [1.165, 1.54) is 0 Å². The van der Waals surface area contributed by atoms with Crippen molar-refractivity contribution in [1.29, 1.82) is 0 Å². The maximum atomic E-state index is 12.1. The van der Waals surface area contributed by atoms with Crippen molar-refractivity contribution in [3.05, 3.63) is 0 Å². The molecule has 1 fully saturated rings. The molecule has 1 rings (SSSR count). The number of rotatable bonds is 4. The van der Waals surface area contributed by atoms with E-state index < -0.39 is 21.4 Å². The molecular weight excluding hydrogens is 221 g/mol. The van der Waals surface area contributed by atoms with Gasteiger partial charge < -0.3 is 4.74 Å². The highest BCUT2D eigenvalue weighted by Gasteiger charge is 2.31. The van der Waals surface area contributed by atoms with Gasteiger partial charge in [-0.15, -0.1) is 0 Å². The van der Waals surface area contributed by atoms with Gasteiger partial charge in [0.15, 0.2) is 0 Å². The van der Waals surface area contributed by atoms with Crippen molar-refractivity contribution in [2.24, 2.45) is 0 Å². The minimum atomic E-state index is -3.99. The first-order valence-corrected chi connectivity index (χ1v) is 8.01. The molecule has 0 aromatic rings. The Bertz CT molecular complexity index is 178. The van der Waals surface area contributed by atoms with E-state index in [2.05, 4.69) is 0 Å². The second-order valence-electron chi connectivity index (χ2n) is 4.23. The largest absolute Gasteiger partial charge is 0.388 e. The van der Waals surface area contributed by atoms with Gasteiger partial charge in [0.1, 0.15) is 0 Å². The third kappa shape index (κ3) is 5.02. The Morgan fingerprint density at radius 2 is 2.07 bits per heavy atom. The smallest absolute Gasteiger partial charge is 0.382 e. The van der Waals surface area contributed by atoms with Gasteiger partial charge >= 0.3 is 6.18 Å². The molecule has 5 heteroatoms. The molecule has 2 unspecified atom stereocenters. The predicted octanol–water partition coefficient (Wildman–Crippen LogP) is 3.29. The molecular formula is C10H19F3OSi. The van der Waals surface area contributed by atoms with E-state index in [0.29, 0.717) is 6.04 Å². The Kier molecular flexibility index (Phi) is 5.12. The maximum absolute atomic E-state index is 12.1. The molecule has 1 saturated heterocycles. The molecule has 90 valence electrons. The van der Waals surface area contributed by atoms with Crippen molar-refractivity contribution < 1.29 is 17.9 Å². The molecule has 0 N–H and O–H groups in total. The zero-order valence-electron chi connectivity index (χ0n) is 9.15.